The SMILES string of the molecule is CCCCCc1ccc(C(=O)N(CCCCC)Cc2cccn2Cc2cccc(C(F)(F)F)c2)cc1. The van der Waals surface area contributed by atoms with Crippen LogP contribution in [-0.4, -0.2) is 21.9 Å². The number of nitrogens with zero attached hydrogens (tertiary/aromatic N) is 2. The van der Waals surface area contributed by atoms with Gasteiger partial charge in [0.1, 0.15) is 0 Å². The Balaban J connectivity index is 1.75. The summed E-state index contributed by atoms with van der Waals surface area (Å²) in [5.41, 5.74) is 2.73. The zero-order valence-electron chi connectivity index (χ0n) is 21.4. The number of unbranched alkanes of at least 4 members (excludes halogenated alkanes) is 4. The Kier molecular flexibility index (Phi) is 10.2. The van der Waals surface area contributed by atoms with E-state index >= 15 is 0 Å². The minimum atomic E-state index is -4.37. The highest BCUT2D eigenvalue weighted by Gasteiger charge is 2.30. The van der Waals surface area contributed by atoms with E-state index in [1.165, 1.54) is 30.5 Å². The number of alkyl halides is 3. The third-order valence-corrected chi connectivity index (χ3v) is 6.47. The fraction of sp³-hybridized carbons (Fsp3) is 0.433. The lowest BCUT2D eigenvalue weighted by molar-refractivity contribution is -0.137. The number of hydrogen-bond acceptors (Lipinski definition) is 1. The fourth-order valence-electron chi connectivity index (χ4n) is 4.37. The summed E-state index contributed by atoms with van der Waals surface area (Å²) in [7, 11) is 0. The highest BCUT2D eigenvalue weighted by Crippen LogP contribution is 2.29. The monoisotopic (exact) mass is 498 g/mol. The quantitative estimate of drug-likeness (QED) is 0.218. The molecule has 0 atom stereocenters. The number of benzene rings is 2. The van der Waals surface area contributed by atoms with Gasteiger partial charge in [0.05, 0.1) is 12.1 Å². The zero-order valence-corrected chi connectivity index (χ0v) is 21.4. The van der Waals surface area contributed by atoms with Gasteiger partial charge in [0.2, 0.25) is 0 Å². The first kappa shape index (κ1) is 27.6. The van der Waals surface area contributed by atoms with E-state index in [1.807, 2.05) is 52.1 Å². The van der Waals surface area contributed by atoms with Crippen LogP contribution in [0.5, 0.6) is 0 Å². The van der Waals surface area contributed by atoms with E-state index in [0.717, 1.165) is 43.9 Å². The molecule has 0 saturated carbocycles. The molecule has 1 amide bonds. The van der Waals surface area contributed by atoms with Gasteiger partial charge in [-0.05, 0) is 66.8 Å². The lowest BCUT2D eigenvalue weighted by Crippen LogP contribution is -2.32. The molecule has 0 aliphatic rings. The average Bonchev–Trinajstić information content (AvgIpc) is 3.29. The smallest absolute Gasteiger partial charge is 0.345 e. The number of aryl methyl sites for hydroxylation is 1. The van der Waals surface area contributed by atoms with Crippen molar-refractivity contribution in [2.75, 3.05) is 6.54 Å². The van der Waals surface area contributed by atoms with Gasteiger partial charge in [0, 0.05) is 30.5 Å². The molecule has 3 rings (SSSR count). The predicted octanol–water partition coefficient (Wildman–Crippen LogP) is 8.12. The number of carbonyl (C=O) groups is 1. The maximum absolute atomic E-state index is 13.5. The molecule has 0 aliphatic heterocycles. The van der Waals surface area contributed by atoms with E-state index in [0.29, 0.717) is 30.8 Å². The molecule has 36 heavy (non-hydrogen) atoms. The summed E-state index contributed by atoms with van der Waals surface area (Å²) < 4.78 is 41.4. The zero-order chi connectivity index (χ0) is 26.0. The summed E-state index contributed by atoms with van der Waals surface area (Å²) in [6.45, 7) is 5.68. The van der Waals surface area contributed by atoms with Crippen LogP contribution in [0.15, 0.2) is 66.9 Å². The molecular formula is C30H37F3N2O. The molecule has 0 bridgehead atoms. The Labute approximate surface area is 212 Å². The van der Waals surface area contributed by atoms with E-state index in [-0.39, 0.29) is 5.91 Å². The number of aromatic nitrogens is 1. The molecule has 6 heteroatoms. The molecule has 1 aromatic heterocycles. The first-order valence-electron chi connectivity index (χ1n) is 13.0. The van der Waals surface area contributed by atoms with Gasteiger partial charge in [0.15, 0.2) is 0 Å². The van der Waals surface area contributed by atoms with E-state index in [2.05, 4.69) is 13.8 Å². The number of rotatable bonds is 13. The number of halogens is 3. The topological polar surface area (TPSA) is 25.2 Å². The highest BCUT2D eigenvalue weighted by molar-refractivity contribution is 5.94. The molecule has 3 nitrogen and oxygen atoms in total. The van der Waals surface area contributed by atoms with Crippen molar-refractivity contribution in [1.82, 2.24) is 9.47 Å². The van der Waals surface area contributed by atoms with Crippen LogP contribution >= 0.6 is 0 Å². The molecule has 3 aromatic rings. The van der Waals surface area contributed by atoms with Crippen LogP contribution in [0.2, 0.25) is 0 Å². The van der Waals surface area contributed by atoms with Gasteiger partial charge in [-0.1, -0.05) is 63.8 Å². The number of amides is 1. The van der Waals surface area contributed by atoms with Crippen molar-refractivity contribution < 1.29 is 18.0 Å². The maximum Gasteiger partial charge on any atom is 0.416 e. The van der Waals surface area contributed by atoms with Gasteiger partial charge in [-0.15, -0.1) is 0 Å². The molecule has 0 aliphatic carbocycles. The lowest BCUT2D eigenvalue weighted by atomic mass is 10.0. The molecule has 0 N–H and O–H groups in total. The van der Waals surface area contributed by atoms with Gasteiger partial charge < -0.3 is 9.47 Å². The second-order valence-corrected chi connectivity index (χ2v) is 9.41. The minimum absolute atomic E-state index is 0.0157. The Bertz CT molecular complexity index is 1090. The van der Waals surface area contributed by atoms with Gasteiger partial charge in [-0.3, -0.25) is 4.79 Å². The Hall–Kier alpha value is -3.02. The van der Waals surface area contributed by atoms with Crippen LogP contribution in [0, 0.1) is 0 Å². The van der Waals surface area contributed by atoms with Crippen molar-refractivity contribution >= 4 is 5.91 Å². The van der Waals surface area contributed by atoms with Crippen LogP contribution in [-0.2, 0) is 25.7 Å². The van der Waals surface area contributed by atoms with Crippen LogP contribution < -0.4 is 0 Å². The van der Waals surface area contributed by atoms with Crippen LogP contribution in [0.25, 0.3) is 0 Å². The summed E-state index contributed by atoms with van der Waals surface area (Å²) in [6, 6.07) is 17.1. The van der Waals surface area contributed by atoms with Crippen molar-refractivity contribution in [3.8, 4) is 0 Å². The summed E-state index contributed by atoms with van der Waals surface area (Å²) in [5, 5.41) is 0. The molecule has 0 spiro atoms. The van der Waals surface area contributed by atoms with E-state index in [4.69, 9.17) is 0 Å². The first-order chi connectivity index (χ1) is 17.3. The van der Waals surface area contributed by atoms with Crippen LogP contribution in [0.1, 0.15) is 85.1 Å². The maximum atomic E-state index is 13.5. The van der Waals surface area contributed by atoms with Crippen molar-refractivity contribution in [3.05, 3.63) is 94.8 Å². The standard InChI is InChI=1S/C30H37F3N2O/c1-3-5-7-11-24-15-17-26(18-16-24)29(36)35(19-8-6-4-2)23-28-14-10-20-34(28)22-25-12-9-13-27(21-25)30(31,32)33/h9-10,12-18,20-21H,3-8,11,19,22-23H2,1-2H3. The van der Waals surface area contributed by atoms with Gasteiger partial charge in [0.25, 0.3) is 5.91 Å². The molecular weight excluding hydrogens is 461 g/mol. The van der Waals surface area contributed by atoms with Gasteiger partial charge in [-0.2, -0.15) is 13.2 Å². The Morgan fingerprint density at radius 1 is 0.861 bits per heavy atom. The second-order valence-electron chi connectivity index (χ2n) is 9.41. The van der Waals surface area contributed by atoms with E-state index < -0.39 is 11.7 Å². The summed E-state index contributed by atoms with van der Waals surface area (Å²) in [6.07, 6.45) is 5.03. The second kappa shape index (κ2) is 13.3. The fourth-order valence-corrected chi connectivity index (χ4v) is 4.37. The third-order valence-electron chi connectivity index (χ3n) is 6.47. The van der Waals surface area contributed by atoms with Gasteiger partial charge in [-0.25, -0.2) is 0 Å². The minimum Gasteiger partial charge on any atom is -0.345 e. The molecule has 0 saturated heterocycles. The van der Waals surface area contributed by atoms with Crippen molar-refractivity contribution in [3.63, 3.8) is 0 Å². The number of hydrogen-bond donors (Lipinski definition) is 0. The Morgan fingerprint density at radius 2 is 1.58 bits per heavy atom. The molecule has 0 unspecified atom stereocenters. The summed E-state index contributed by atoms with van der Waals surface area (Å²) in [4.78, 5) is 15.3. The van der Waals surface area contributed by atoms with Crippen LogP contribution in [0.4, 0.5) is 13.2 Å². The Morgan fingerprint density at radius 3 is 2.28 bits per heavy atom. The normalized spacial score (nSPS) is 11.6. The molecule has 194 valence electrons. The van der Waals surface area contributed by atoms with Crippen molar-refractivity contribution in [2.45, 2.75) is 78.1 Å². The average molecular weight is 499 g/mol. The summed E-state index contributed by atoms with van der Waals surface area (Å²) in [5.74, 6) is -0.0157. The highest BCUT2D eigenvalue weighted by atomic mass is 19.4. The lowest BCUT2D eigenvalue weighted by Gasteiger charge is -2.24. The van der Waals surface area contributed by atoms with Crippen molar-refractivity contribution in [2.24, 2.45) is 0 Å². The summed E-state index contributed by atoms with van der Waals surface area (Å²) >= 11 is 0. The predicted molar refractivity (Wildman–Crippen MR) is 139 cm³/mol. The van der Waals surface area contributed by atoms with E-state index in [9.17, 15) is 18.0 Å². The van der Waals surface area contributed by atoms with E-state index in [1.54, 1.807) is 6.07 Å². The third kappa shape index (κ3) is 8.00. The van der Waals surface area contributed by atoms with Crippen molar-refractivity contribution in [1.29, 1.82) is 0 Å². The number of carbonyl (C=O) groups excluding carboxylic acids is 1. The molecule has 2 aromatic carbocycles. The largest absolute Gasteiger partial charge is 0.416 e. The van der Waals surface area contributed by atoms with Gasteiger partial charge >= 0.3 is 6.18 Å². The molecule has 1 heterocycles. The van der Waals surface area contributed by atoms with Crippen LogP contribution in [0.3, 0.4) is 0 Å². The molecule has 0 fully saturated rings. The molecule has 0 radical (unpaired) electrons. The first-order valence-corrected chi connectivity index (χ1v) is 13.0.